The lowest BCUT2D eigenvalue weighted by Gasteiger charge is -2.13. The van der Waals surface area contributed by atoms with Crippen LogP contribution < -0.4 is 5.32 Å². The number of pyridine rings is 2. The lowest BCUT2D eigenvalue weighted by atomic mass is 10.1. The van der Waals surface area contributed by atoms with Gasteiger partial charge < -0.3 is 5.32 Å². The first kappa shape index (κ1) is 12.5. The molecule has 18 heavy (non-hydrogen) atoms. The van der Waals surface area contributed by atoms with E-state index in [0.29, 0.717) is 11.1 Å². The Hall–Kier alpha value is -1.97. The van der Waals surface area contributed by atoms with Crippen LogP contribution in [0.15, 0.2) is 30.7 Å². The Morgan fingerprint density at radius 2 is 2.28 bits per heavy atom. The summed E-state index contributed by atoms with van der Waals surface area (Å²) in [6, 6.07) is 3.91. The van der Waals surface area contributed by atoms with E-state index in [4.69, 9.17) is 0 Å². The van der Waals surface area contributed by atoms with E-state index < -0.39 is 0 Å². The van der Waals surface area contributed by atoms with Crippen molar-refractivity contribution in [3.8, 4) is 0 Å². The van der Waals surface area contributed by atoms with Crippen molar-refractivity contribution in [2.75, 3.05) is 0 Å². The first-order valence-corrected chi connectivity index (χ1v) is 6.22. The molecular weight excluding hydrogens is 226 g/mol. The van der Waals surface area contributed by atoms with Crippen molar-refractivity contribution in [2.45, 2.75) is 32.7 Å². The summed E-state index contributed by atoms with van der Waals surface area (Å²) >= 11 is 0. The van der Waals surface area contributed by atoms with Crippen LogP contribution in [0.1, 0.15) is 37.0 Å². The van der Waals surface area contributed by atoms with Crippen molar-refractivity contribution in [1.82, 2.24) is 15.3 Å². The zero-order valence-corrected chi connectivity index (χ0v) is 10.7. The third-order valence-corrected chi connectivity index (χ3v) is 2.86. The molecule has 1 N–H and O–H groups in total. The van der Waals surface area contributed by atoms with Crippen LogP contribution >= 0.6 is 0 Å². The minimum absolute atomic E-state index is 0.104. The van der Waals surface area contributed by atoms with Gasteiger partial charge in [0.05, 0.1) is 11.1 Å². The molecule has 94 valence electrons. The molecule has 1 atom stereocenters. The van der Waals surface area contributed by atoms with Crippen LogP contribution in [0.5, 0.6) is 0 Å². The predicted octanol–water partition coefficient (Wildman–Crippen LogP) is 2.55. The molecule has 0 saturated heterocycles. The first-order valence-electron chi connectivity index (χ1n) is 6.22. The van der Waals surface area contributed by atoms with Crippen LogP contribution in [0.2, 0.25) is 0 Å². The second kappa shape index (κ2) is 5.58. The lowest BCUT2D eigenvalue weighted by molar-refractivity contribution is 0.0939. The van der Waals surface area contributed by atoms with Crippen molar-refractivity contribution in [2.24, 2.45) is 0 Å². The molecule has 1 amide bonds. The normalized spacial score (nSPS) is 12.3. The number of hydrogen-bond donors (Lipinski definition) is 1. The zero-order valence-electron chi connectivity index (χ0n) is 10.7. The molecule has 0 bridgehead atoms. The van der Waals surface area contributed by atoms with Crippen molar-refractivity contribution in [1.29, 1.82) is 0 Å². The number of rotatable bonds is 4. The molecule has 4 heteroatoms. The molecule has 2 rings (SSSR count). The molecule has 0 radical (unpaired) electrons. The van der Waals surface area contributed by atoms with Crippen molar-refractivity contribution >= 4 is 16.8 Å². The molecule has 0 spiro atoms. The van der Waals surface area contributed by atoms with Gasteiger partial charge in [-0.15, -0.1) is 0 Å². The number of nitrogens with zero attached hydrogens (tertiary/aromatic N) is 2. The Morgan fingerprint density at radius 3 is 3.06 bits per heavy atom. The van der Waals surface area contributed by atoms with Crippen LogP contribution in [0.25, 0.3) is 10.9 Å². The molecule has 0 saturated carbocycles. The first-order chi connectivity index (χ1) is 8.72. The van der Waals surface area contributed by atoms with Crippen LogP contribution in [0.3, 0.4) is 0 Å². The van der Waals surface area contributed by atoms with Gasteiger partial charge in [0, 0.05) is 30.0 Å². The Morgan fingerprint density at radius 1 is 1.44 bits per heavy atom. The van der Waals surface area contributed by atoms with Crippen LogP contribution in [-0.2, 0) is 0 Å². The number of aromatic nitrogens is 2. The van der Waals surface area contributed by atoms with Crippen molar-refractivity contribution in [3.05, 3.63) is 36.3 Å². The van der Waals surface area contributed by atoms with E-state index in [9.17, 15) is 4.79 Å². The monoisotopic (exact) mass is 243 g/mol. The second-order valence-corrected chi connectivity index (χ2v) is 4.43. The summed E-state index contributed by atoms with van der Waals surface area (Å²) in [5, 5.41) is 3.85. The summed E-state index contributed by atoms with van der Waals surface area (Å²) in [5.41, 5.74) is 1.24. The third kappa shape index (κ3) is 2.64. The minimum Gasteiger partial charge on any atom is -0.349 e. The van der Waals surface area contributed by atoms with E-state index in [1.54, 1.807) is 18.6 Å². The molecule has 2 heterocycles. The highest BCUT2D eigenvalue weighted by molar-refractivity contribution is 6.04. The molecule has 2 aromatic heterocycles. The highest BCUT2D eigenvalue weighted by Crippen LogP contribution is 2.14. The van der Waals surface area contributed by atoms with Gasteiger partial charge in [-0.25, -0.2) is 0 Å². The largest absolute Gasteiger partial charge is 0.349 e. The van der Waals surface area contributed by atoms with Gasteiger partial charge in [-0.05, 0) is 25.5 Å². The summed E-state index contributed by atoms with van der Waals surface area (Å²) in [4.78, 5) is 20.5. The molecular formula is C14H17N3O. The second-order valence-electron chi connectivity index (χ2n) is 4.43. The summed E-state index contributed by atoms with van der Waals surface area (Å²) < 4.78 is 0. The van der Waals surface area contributed by atoms with Crippen LogP contribution in [-0.4, -0.2) is 21.9 Å². The number of carbonyl (C=O) groups excluding carboxylic acids is 1. The third-order valence-electron chi connectivity index (χ3n) is 2.86. The van der Waals surface area contributed by atoms with Gasteiger partial charge in [-0.1, -0.05) is 13.3 Å². The average Bonchev–Trinajstić information content (AvgIpc) is 2.38. The molecule has 0 aromatic carbocycles. The Kier molecular flexibility index (Phi) is 3.87. The number of amides is 1. The number of hydrogen-bond acceptors (Lipinski definition) is 3. The standard InChI is InChI=1S/C14H17N3O/c1-3-5-10(2)17-14(18)12-9-15-8-11-6-4-7-16-13(11)12/h4,6-10H,3,5H2,1-2H3,(H,17,18). The Bertz CT molecular complexity index is 548. The van der Waals surface area contributed by atoms with E-state index in [1.165, 1.54) is 0 Å². The maximum Gasteiger partial charge on any atom is 0.255 e. The summed E-state index contributed by atoms with van der Waals surface area (Å²) in [6.07, 6.45) is 7.00. The Labute approximate surface area is 106 Å². The smallest absolute Gasteiger partial charge is 0.255 e. The van der Waals surface area contributed by atoms with Crippen molar-refractivity contribution < 1.29 is 4.79 Å². The molecule has 1 unspecified atom stereocenters. The highest BCUT2D eigenvalue weighted by atomic mass is 16.1. The lowest BCUT2D eigenvalue weighted by Crippen LogP contribution is -2.32. The molecule has 0 aliphatic heterocycles. The van der Waals surface area contributed by atoms with Gasteiger partial charge in [0.1, 0.15) is 0 Å². The molecule has 0 fully saturated rings. The topological polar surface area (TPSA) is 54.9 Å². The summed E-state index contributed by atoms with van der Waals surface area (Å²) in [6.45, 7) is 4.11. The predicted molar refractivity (Wildman–Crippen MR) is 71.4 cm³/mol. The summed E-state index contributed by atoms with van der Waals surface area (Å²) in [5.74, 6) is -0.104. The van der Waals surface area contributed by atoms with E-state index in [1.807, 2.05) is 19.1 Å². The fraction of sp³-hybridized carbons (Fsp3) is 0.357. The molecule has 0 aliphatic carbocycles. The van der Waals surface area contributed by atoms with E-state index in [2.05, 4.69) is 22.2 Å². The maximum absolute atomic E-state index is 12.2. The van der Waals surface area contributed by atoms with Crippen molar-refractivity contribution in [3.63, 3.8) is 0 Å². The fourth-order valence-electron chi connectivity index (χ4n) is 1.97. The molecule has 4 nitrogen and oxygen atoms in total. The SMILES string of the molecule is CCCC(C)NC(=O)c1cncc2cccnc12. The molecule has 0 aliphatic rings. The maximum atomic E-state index is 12.2. The van der Waals surface area contributed by atoms with E-state index in [-0.39, 0.29) is 11.9 Å². The zero-order chi connectivity index (χ0) is 13.0. The van der Waals surface area contributed by atoms with Gasteiger partial charge in [-0.3, -0.25) is 14.8 Å². The van der Waals surface area contributed by atoms with Crippen LogP contribution in [0.4, 0.5) is 0 Å². The fourth-order valence-corrected chi connectivity index (χ4v) is 1.97. The number of nitrogens with one attached hydrogen (secondary N) is 1. The van der Waals surface area contributed by atoms with Gasteiger partial charge >= 0.3 is 0 Å². The van der Waals surface area contributed by atoms with E-state index >= 15 is 0 Å². The van der Waals surface area contributed by atoms with Gasteiger partial charge in [0.2, 0.25) is 0 Å². The van der Waals surface area contributed by atoms with Gasteiger partial charge in [-0.2, -0.15) is 0 Å². The average molecular weight is 243 g/mol. The molecule has 2 aromatic rings. The van der Waals surface area contributed by atoms with E-state index in [0.717, 1.165) is 18.2 Å². The van der Waals surface area contributed by atoms with Crippen LogP contribution in [0, 0.1) is 0 Å². The Balaban J connectivity index is 2.28. The van der Waals surface area contributed by atoms with Gasteiger partial charge in [0.25, 0.3) is 5.91 Å². The number of fused-ring (bicyclic) bond motifs is 1. The van der Waals surface area contributed by atoms with Gasteiger partial charge in [0.15, 0.2) is 0 Å². The minimum atomic E-state index is -0.104. The number of carbonyl (C=O) groups is 1. The highest BCUT2D eigenvalue weighted by Gasteiger charge is 2.13. The quantitative estimate of drug-likeness (QED) is 0.897. The summed E-state index contributed by atoms with van der Waals surface area (Å²) in [7, 11) is 0.